The number of fused-ring (bicyclic) bond motifs is 3. The fourth-order valence-corrected chi connectivity index (χ4v) is 2.35. The average Bonchev–Trinajstić information content (AvgIpc) is 2.68. The molecule has 94 valence electrons. The highest BCUT2D eigenvalue weighted by Gasteiger charge is 2.23. The van der Waals surface area contributed by atoms with Crippen molar-refractivity contribution in [2.45, 2.75) is 13.3 Å². The minimum atomic E-state index is -0.414. The lowest BCUT2D eigenvalue weighted by Crippen LogP contribution is -2.31. The van der Waals surface area contributed by atoms with Crippen molar-refractivity contribution in [3.05, 3.63) is 29.2 Å². The number of carbonyl (C=O) groups excluding carboxylic acids is 1. The summed E-state index contributed by atoms with van der Waals surface area (Å²) in [7, 11) is 0. The third kappa shape index (κ3) is 1.54. The quantitative estimate of drug-likeness (QED) is 0.854. The summed E-state index contributed by atoms with van der Waals surface area (Å²) in [6, 6.07) is 2.97. The molecule has 2 aromatic rings. The van der Waals surface area contributed by atoms with E-state index in [4.69, 9.17) is 4.74 Å². The van der Waals surface area contributed by atoms with E-state index in [9.17, 15) is 9.18 Å². The van der Waals surface area contributed by atoms with Crippen molar-refractivity contribution in [2.24, 2.45) is 0 Å². The zero-order valence-corrected chi connectivity index (χ0v) is 9.97. The smallest absolute Gasteiger partial charge is 0.253 e. The van der Waals surface area contributed by atoms with Crippen molar-refractivity contribution in [1.29, 1.82) is 0 Å². The minimum Gasteiger partial charge on any atom is -0.491 e. The van der Waals surface area contributed by atoms with Crippen LogP contribution < -0.4 is 10.1 Å². The summed E-state index contributed by atoms with van der Waals surface area (Å²) in [6.45, 7) is 2.80. The fraction of sp³-hybridized carbons (Fsp3) is 0.308. The van der Waals surface area contributed by atoms with E-state index in [0.29, 0.717) is 29.6 Å². The monoisotopic (exact) mass is 248 g/mol. The zero-order valence-electron chi connectivity index (χ0n) is 9.97. The van der Waals surface area contributed by atoms with Gasteiger partial charge in [-0.1, -0.05) is 0 Å². The molecule has 1 aromatic carbocycles. The number of halogens is 1. The second-order valence-corrected chi connectivity index (χ2v) is 4.25. The van der Waals surface area contributed by atoms with E-state index >= 15 is 0 Å². The van der Waals surface area contributed by atoms with Gasteiger partial charge < -0.3 is 15.0 Å². The molecule has 4 nitrogen and oxygen atoms in total. The second-order valence-electron chi connectivity index (χ2n) is 4.25. The highest BCUT2D eigenvalue weighted by atomic mass is 19.1. The third-order valence-electron chi connectivity index (χ3n) is 3.12. The van der Waals surface area contributed by atoms with Crippen LogP contribution in [0.3, 0.4) is 0 Å². The van der Waals surface area contributed by atoms with Crippen molar-refractivity contribution in [1.82, 2.24) is 10.3 Å². The predicted octanol–water partition coefficient (Wildman–Crippen LogP) is 1.99. The number of H-pyrrole nitrogens is 1. The number of hydrogen-bond acceptors (Lipinski definition) is 2. The molecule has 0 spiro atoms. The Hall–Kier alpha value is -2.04. The SMILES string of the molecule is CCOc1cc2c3c([nH]c2cc1F)CCNC3=O. The number of rotatable bonds is 2. The zero-order chi connectivity index (χ0) is 12.7. The van der Waals surface area contributed by atoms with Gasteiger partial charge in [0.1, 0.15) is 0 Å². The first-order valence-corrected chi connectivity index (χ1v) is 5.95. The molecule has 0 fully saturated rings. The van der Waals surface area contributed by atoms with Gasteiger partial charge in [-0.25, -0.2) is 4.39 Å². The number of benzene rings is 1. The van der Waals surface area contributed by atoms with Crippen molar-refractivity contribution in [3.8, 4) is 5.75 Å². The van der Waals surface area contributed by atoms with Gasteiger partial charge in [0.25, 0.3) is 5.91 Å². The van der Waals surface area contributed by atoms with Gasteiger partial charge in [-0.3, -0.25) is 4.79 Å². The summed E-state index contributed by atoms with van der Waals surface area (Å²) in [5.74, 6) is -0.343. The summed E-state index contributed by atoms with van der Waals surface area (Å²) < 4.78 is 18.9. The van der Waals surface area contributed by atoms with Gasteiger partial charge in [-0.15, -0.1) is 0 Å². The van der Waals surface area contributed by atoms with Crippen LogP contribution in [0, 0.1) is 5.82 Å². The van der Waals surface area contributed by atoms with E-state index in [2.05, 4.69) is 10.3 Å². The molecule has 2 N–H and O–H groups in total. The van der Waals surface area contributed by atoms with Gasteiger partial charge in [0.2, 0.25) is 0 Å². The number of amides is 1. The van der Waals surface area contributed by atoms with Crippen molar-refractivity contribution in [2.75, 3.05) is 13.2 Å². The molecule has 0 atom stereocenters. The Balaban J connectivity index is 2.25. The number of hydrogen-bond donors (Lipinski definition) is 2. The number of nitrogens with one attached hydrogen (secondary N) is 2. The van der Waals surface area contributed by atoms with E-state index in [0.717, 1.165) is 12.1 Å². The number of aromatic nitrogens is 1. The molecule has 0 aliphatic carbocycles. The maximum atomic E-state index is 13.7. The molecule has 3 rings (SSSR count). The molecule has 0 saturated carbocycles. The van der Waals surface area contributed by atoms with Crippen LogP contribution in [0.2, 0.25) is 0 Å². The Morgan fingerprint density at radius 2 is 2.28 bits per heavy atom. The first-order valence-electron chi connectivity index (χ1n) is 5.95. The van der Waals surface area contributed by atoms with Crippen LogP contribution in [-0.4, -0.2) is 24.0 Å². The van der Waals surface area contributed by atoms with Gasteiger partial charge >= 0.3 is 0 Å². The Morgan fingerprint density at radius 1 is 1.44 bits per heavy atom. The molecule has 0 bridgehead atoms. The molecule has 1 aliphatic heterocycles. The molecule has 1 amide bonds. The average molecular weight is 248 g/mol. The number of ether oxygens (including phenoxy) is 1. The molecule has 0 radical (unpaired) electrons. The second kappa shape index (κ2) is 4.01. The summed E-state index contributed by atoms with van der Waals surface area (Å²) in [4.78, 5) is 14.9. The maximum Gasteiger partial charge on any atom is 0.253 e. The molecule has 1 aromatic heterocycles. The van der Waals surface area contributed by atoms with E-state index in [-0.39, 0.29) is 11.7 Å². The molecular weight excluding hydrogens is 235 g/mol. The van der Waals surface area contributed by atoms with Gasteiger partial charge in [-0.2, -0.15) is 0 Å². The van der Waals surface area contributed by atoms with Crippen molar-refractivity contribution < 1.29 is 13.9 Å². The number of carbonyl (C=O) groups is 1. The lowest BCUT2D eigenvalue weighted by molar-refractivity contribution is 0.0947. The summed E-state index contributed by atoms with van der Waals surface area (Å²) >= 11 is 0. The van der Waals surface area contributed by atoms with Crippen molar-refractivity contribution in [3.63, 3.8) is 0 Å². The first kappa shape index (κ1) is 11.1. The minimum absolute atomic E-state index is 0.114. The summed E-state index contributed by atoms with van der Waals surface area (Å²) in [6.07, 6.45) is 0.737. The fourth-order valence-electron chi connectivity index (χ4n) is 2.35. The molecular formula is C13H13FN2O2. The van der Waals surface area contributed by atoms with E-state index in [1.807, 2.05) is 0 Å². The normalized spacial score (nSPS) is 14.4. The molecule has 0 unspecified atom stereocenters. The van der Waals surface area contributed by atoms with Crippen LogP contribution in [0.4, 0.5) is 4.39 Å². The standard InChI is InChI=1S/C13H13FN2O2/c1-2-18-11-5-7-10(6-8(11)14)16-9-3-4-15-13(17)12(7)9/h5-6,16H,2-4H2,1H3,(H,15,17). The highest BCUT2D eigenvalue weighted by molar-refractivity contribution is 6.09. The first-order chi connectivity index (χ1) is 8.70. The molecule has 18 heavy (non-hydrogen) atoms. The Morgan fingerprint density at radius 3 is 3.06 bits per heavy atom. The number of aromatic amines is 1. The Kier molecular flexibility index (Phi) is 2.47. The lowest BCUT2D eigenvalue weighted by atomic mass is 10.1. The van der Waals surface area contributed by atoms with Crippen LogP contribution >= 0.6 is 0 Å². The van der Waals surface area contributed by atoms with Crippen LogP contribution in [0.15, 0.2) is 12.1 Å². The lowest BCUT2D eigenvalue weighted by Gasteiger charge is -2.12. The van der Waals surface area contributed by atoms with Crippen LogP contribution in [-0.2, 0) is 6.42 Å². The van der Waals surface area contributed by atoms with E-state index in [1.54, 1.807) is 13.0 Å². The van der Waals surface area contributed by atoms with E-state index < -0.39 is 5.82 Å². The molecule has 2 heterocycles. The van der Waals surface area contributed by atoms with Gasteiger partial charge in [-0.05, 0) is 13.0 Å². The largest absolute Gasteiger partial charge is 0.491 e. The van der Waals surface area contributed by atoms with Gasteiger partial charge in [0.05, 0.1) is 12.2 Å². The van der Waals surface area contributed by atoms with E-state index in [1.165, 1.54) is 6.07 Å². The van der Waals surface area contributed by atoms with Crippen LogP contribution in [0.25, 0.3) is 10.9 Å². The Bertz CT molecular complexity index is 633. The summed E-state index contributed by atoms with van der Waals surface area (Å²) in [5, 5.41) is 3.50. The third-order valence-corrected chi connectivity index (χ3v) is 3.12. The van der Waals surface area contributed by atoms with Gasteiger partial charge in [0.15, 0.2) is 11.6 Å². The highest BCUT2D eigenvalue weighted by Crippen LogP contribution is 2.30. The predicted molar refractivity (Wildman–Crippen MR) is 65.5 cm³/mol. The summed E-state index contributed by atoms with van der Waals surface area (Å²) in [5.41, 5.74) is 2.11. The van der Waals surface area contributed by atoms with Crippen LogP contribution in [0.5, 0.6) is 5.75 Å². The van der Waals surface area contributed by atoms with Gasteiger partial charge in [0, 0.05) is 35.6 Å². The maximum absolute atomic E-state index is 13.7. The van der Waals surface area contributed by atoms with Crippen LogP contribution in [0.1, 0.15) is 23.0 Å². The molecule has 5 heteroatoms. The topological polar surface area (TPSA) is 54.1 Å². The molecule has 0 saturated heterocycles. The van der Waals surface area contributed by atoms with Crippen molar-refractivity contribution >= 4 is 16.8 Å². The molecule has 1 aliphatic rings. The Labute approximate surface area is 103 Å².